The zero-order valence-electron chi connectivity index (χ0n) is 9.89. The molecule has 0 aliphatic heterocycles. The highest BCUT2D eigenvalue weighted by Crippen LogP contribution is 2.09. The summed E-state index contributed by atoms with van der Waals surface area (Å²) in [4.78, 5) is 4.18. The molecule has 0 atom stereocenters. The summed E-state index contributed by atoms with van der Waals surface area (Å²) < 4.78 is 14.5. The van der Waals surface area contributed by atoms with Crippen LogP contribution in [0, 0.1) is 5.82 Å². The van der Waals surface area contributed by atoms with E-state index in [4.69, 9.17) is 0 Å². The summed E-state index contributed by atoms with van der Waals surface area (Å²) in [5, 5.41) is 7.41. The van der Waals surface area contributed by atoms with Gasteiger partial charge in [-0.15, -0.1) is 0 Å². The van der Waals surface area contributed by atoms with E-state index in [-0.39, 0.29) is 5.82 Å². The van der Waals surface area contributed by atoms with Crippen LogP contribution in [0.25, 0.3) is 5.69 Å². The van der Waals surface area contributed by atoms with Crippen LogP contribution in [0.3, 0.4) is 0 Å². The first kappa shape index (κ1) is 11.7. The standard InChI is InChI=1S/C12H15FN4/c1-9(2)14-7-12-15-8-16-17(12)11-5-3-10(13)4-6-11/h3-6,8-9,14H,7H2,1-2H3. The Morgan fingerprint density at radius 1 is 1.29 bits per heavy atom. The second kappa shape index (κ2) is 5.05. The van der Waals surface area contributed by atoms with Gasteiger partial charge in [0.1, 0.15) is 18.0 Å². The molecule has 2 aromatic rings. The third-order valence-corrected chi connectivity index (χ3v) is 2.36. The highest BCUT2D eigenvalue weighted by atomic mass is 19.1. The lowest BCUT2D eigenvalue weighted by Crippen LogP contribution is -2.24. The van der Waals surface area contributed by atoms with Crippen molar-refractivity contribution in [1.82, 2.24) is 20.1 Å². The van der Waals surface area contributed by atoms with Crippen molar-refractivity contribution in [2.75, 3.05) is 0 Å². The van der Waals surface area contributed by atoms with E-state index in [1.807, 2.05) is 0 Å². The van der Waals surface area contributed by atoms with Crippen molar-refractivity contribution in [1.29, 1.82) is 0 Å². The Morgan fingerprint density at radius 2 is 2.00 bits per heavy atom. The number of rotatable bonds is 4. The smallest absolute Gasteiger partial charge is 0.146 e. The molecule has 1 aromatic heterocycles. The third-order valence-electron chi connectivity index (χ3n) is 2.36. The molecule has 90 valence electrons. The van der Waals surface area contributed by atoms with E-state index >= 15 is 0 Å². The van der Waals surface area contributed by atoms with Crippen LogP contribution in [-0.4, -0.2) is 20.8 Å². The molecule has 4 nitrogen and oxygen atoms in total. The SMILES string of the molecule is CC(C)NCc1ncnn1-c1ccc(F)cc1. The topological polar surface area (TPSA) is 42.7 Å². The minimum atomic E-state index is -0.254. The second-order valence-corrected chi connectivity index (χ2v) is 4.10. The Labute approximate surface area is 99.5 Å². The molecule has 0 unspecified atom stereocenters. The quantitative estimate of drug-likeness (QED) is 0.878. The van der Waals surface area contributed by atoms with Gasteiger partial charge in [-0.2, -0.15) is 5.10 Å². The molecule has 0 aliphatic rings. The van der Waals surface area contributed by atoms with Gasteiger partial charge < -0.3 is 5.32 Å². The van der Waals surface area contributed by atoms with Gasteiger partial charge in [-0.3, -0.25) is 0 Å². The molecule has 0 saturated carbocycles. The Hall–Kier alpha value is -1.75. The van der Waals surface area contributed by atoms with Crippen LogP contribution in [0.5, 0.6) is 0 Å². The molecule has 0 fully saturated rings. The lowest BCUT2D eigenvalue weighted by molar-refractivity contribution is 0.563. The van der Waals surface area contributed by atoms with Gasteiger partial charge >= 0.3 is 0 Å². The van der Waals surface area contributed by atoms with E-state index in [0.29, 0.717) is 12.6 Å². The van der Waals surface area contributed by atoms with Gasteiger partial charge in [0.05, 0.1) is 12.2 Å². The van der Waals surface area contributed by atoms with E-state index < -0.39 is 0 Å². The van der Waals surface area contributed by atoms with Gasteiger partial charge in [0.25, 0.3) is 0 Å². The van der Waals surface area contributed by atoms with Crippen LogP contribution in [0.2, 0.25) is 0 Å². The summed E-state index contributed by atoms with van der Waals surface area (Å²) in [6.07, 6.45) is 1.50. The molecule has 0 spiro atoms. The zero-order chi connectivity index (χ0) is 12.3. The molecule has 5 heteroatoms. The van der Waals surface area contributed by atoms with Crippen molar-refractivity contribution >= 4 is 0 Å². The van der Waals surface area contributed by atoms with Crippen molar-refractivity contribution in [3.8, 4) is 5.69 Å². The van der Waals surface area contributed by atoms with Gasteiger partial charge in [0, 0.05) is 6.04 Å². The second-order valence-electron chi connectivity index (χ2n) is 4.10. The number of nitrogens with one attached hydrogen (secondary N) is 1. The zero-order valence-corrected chi connectivity index (χ0v) is 9.89. The maximum absolute atomic E-state index is 12.8. The Kier molecular flexibility index (Phi) is 3.49. The Bertz CT molecular complexity index is 476. The lowest BCUT2D eigenvalue weighted by atomic mass is 10.3. The van der Waals surface area contributed by atoms with Gasteiger partial charge in [-0.05, 0) is 24.3 Å². The third kappa shape index (κ3) is 2.88. The summed E-state index contributed by atoms with van der Waals surface area (Å²) in [6.45, 7) is 4.77. The van der Waals surface area contributed by atoms with Crippen LogP contribution in [0.1, 0.15) is 19.7 Å². The largest absolute Gasteiger partial charge is 0.308 e. The normalized spacial score (nSPS) is 11.1. The molecule has 0 saturated heterocycles. The van der Waals surface area contributed by atoms with E-state index in [1.54, 1.807) is 16.8 Å². The number of benzene rings is 1. The van der Waals surface area contributed by atoms with E-state index in [1.165, 1.54) is 18.5 Å². The molecule has 0 aliphatic carbocycles. The monoisotopic (exact) mass is 234 g/mol. The number of aromatic nitrogens is 3. The number of halogens is 1. The van der Waals surface area contributed by atoms with Crippen molar-refractivity contribution in [2.45, 2.75) is 26.4 Å². The predicted molar refractivity (Wildman–Crippen MR) is 63.3 cm³/mol. The van der Waals surface area contributed by atoms with Crippen molar-refractivity contribution in [3.63, 3.8) is 0 Å². The lowest BCUT2D eigenvalue weighted by Gasteiger charge is -2.09. The van der Waals surface area contributed by atoms with Gasteiger partial charge in [-0.25, -0.2) is 14.1 Å². The van der Waals surface area contributed by atoms with Crippen LogP contribution >= 0.6 is 0 Å². The van der Waals surface area contributed by atoms with E-state index in [2.05, 4.69) is 29.2 Å². The first-order valence-corrected chi connectivity index (χ1v) is 5.55. The first-order chi connectivity index (χ1) is 8.16. The van der Waals surface area contributed by atoms with Crippen LogP contribution in [-0.2, 0) is 6.54 Å². The van der Waals surface area contributed by atoms with Gasteiger partial charge in [-0.1, -0.05) is 13.8 Å². The molecule has 0 radical (unpaired) electrons. The molecule has 0 amide bonds. The Morgan fingerprint density at radius 3 is 2.65 bits per heavy atom. The summed E-state index contributed by atoms with van der Waals surface area (Å²) in [7, 11) is 0. The summed E-state index contributed by atoms with van der Waals surface area (Å²) in [5.74, 6) is 0.557. The van der Waals surface area contributed by atoms with Crippen LogP contribution in [0.15, 0.2) is 30.6 Å². The molecule has 0 bridgehead atoms. The number of hydrogen-bond acceptors (Lipinski definition) is 3. The maximum Gasteiger partial charge on any atom is 0.146 e. The Balaban J connectivity index is 2.21. The number of nitrogens with zero attached hydrogens (tertiary/aromatic N) is 3. The summed E-state index contributed by atoms with van der Waals surface area (Å²) in [5.41, 5.74) is 0.810. The highest BCUT2D eigenvalue weighted by molar-refractivity contribution is 5.31. The predicted octanol–water partition coefficient (Wildman–Crippen LogP) is 1.90. The van der Waals surface area contributed by atoms with Crippen molar-refractivity contribution in [2.24, 2.45) is 0 Å². The first-order valence-electron chi connectivity index (χ1n) is 5.55. The minimum absolute atomic E-state index is 0.254. The minimum Gasteiger partial charge on any atom is -0.308 e. The fraction of sp³-hybridized carbons (Fsp3) is 0.333. The van der Waals surface area contributed by atoms with Crippen molar-refractivity contribution < 1.29 is 4.39 Å². The molecular weight excluding hydrogens is 219 g/mol. The molecule has 17 heavy (non-hydrogen) atoms. The maximum atomic E-state index is 12.8. The van der Waals surface area contributed by atoms with E-state index in [9.17, 15) is 4.39 Å². The molecule has 1 heterocycles. The van der Waals surface area contributed by atoms with Crippen LogP contribution in [0.4, 0.5) is 4.39 Å². The highest BCUT2D eigenvalue weighted by Gasteiger charge is 2.06. The van der Waals surface area contributed by atoms with Crippen molar-refractivity contribution in [3.05, 3.63) is 42.2 Å². The number of hydrogen-bond donors (Lipinski definition) is 1. The van der Waals surface area contributed by atoms with Crippen LogP contribution < -0.4 is 5.32 Å². The fourth-order valence-corrected chi connectivity index (χ4v) is 1.48. The molecule has 2 rings (SSSR count). The van der Waals surface area contributed by atoms with Gasteiger partial charge in [0.15, 0.2) is 0 Å². The molecular formula is C12H15FN4. The summed E-state index contributed by atoms with van der Waals surface area (Å²) in [6, 6.07) is 6.58. The summed E-state index contributed by atoms with van der Waals surface area (Å²) >= 11 is 0. The average Bonchev–Trinajstić information content (AvgIpc) is 2.75. The van der Waals surface area contributed by atoms with Gasteiger partial charge in [0.2, 0.25) is 0 Å². The fourth-order valence-electron chi connectivity index (χ4n) is 1.48. The average molecular weight is 234 g/mol. The molecule has 1 N–H and O–H groups in total. The molecule has 1 aromatic carbocycles. The van der Waals surface area contributed by atoms with E-state index in [0.717, 1.165) is 11.5 Å².